The van der Waals surface area contributed by atoms with Crippen LogP contribution in [0.5, 0.6) is 0 Å². The molecule has 2 N–H and O–H groups in total. The van der Waals surface area contributed by atoms with Crippen molar-refractivity contribution in [3.8, 4) is 0 Å². The van der Waals surface area contributed by atoms with E-state index in [9.17, 15) is 9.59 Å². The molecule has 0 unspecified atom stereocenters. The Morgan fingerprint density at radius 3 is 2.39 bits per heavy atom. The number of hydrogen-bond donors (Lipinski definition) is 2. The lowest BCUT2D eigenvalue weighted by atomic mass is 10.2. The van der Waals surface area contributed by atoms with Gasteiger partial charge in [0.05, 0.1) is 0 Å². The number of fused-ring (bicyclic) bond motifs is 1. The molecule has 0 aliphatic rings. The molecule has 0 saturated carbocycles. The van der Waals surface area contributed by atoms with E-state index in [0.717, 1.165) is 0 Å². The van der Waals surface area contributed by atoms with E-state index in [1.165, 1.54) is 0 Å². The van der Waals surface area contributed by atoms with E-state index in [4.69, 9.17) is 4.42 Å². The minimum atomic E-state index is -0.404. The molecule has 0 bridgehead atoms. The molecule has 0 aliphatic carbocycles. The SMILES string of the molecule is CCC(=O)Nc1c(C(=O)Nc2ccccc2)oc2ccccc12. The van der Waals surface area contributed by atoms with Crippen LogP contribution in [0.4, 0.5) is 11.4 Å². The third kappa shape index (κ3) is 3.08. The zero-order chi connectivity index (χ0) is 16.2. The van der Waals surface area contributed by atoms with E-state index in [1.54, 1.807) is 25.1 Å². The number of hydrogen-bond acceptors (Lipinski definition) is 3. The summed E-state index contributed by atoms with van der Waals surface area (Å²) < 4.78 is 5.65. The van der Waals surface area contributed by atoms with Gasteiger partial charge in [-0.05, 0) is 24.3 Å². The summed E-state index contributed by atoms with van der Waals surface area (Å²) in [4.78, 5) is 24.3. The van der Waals surface area contributed by atoms with Gasteiger partial charge in [-0.1, -0.05) is 37.3 Å². The Balaban J connectivity index is 2.00. The number of carbonyl (C=O) groups excluding carboxylic acids is 2. The molecule has 0 saturated heterocycles. The number of anilines is 2. The Morgan fingerprint density at radius 2 is 1.65 bits per heavy atom. The first-order valence-corrected chi connectivity index (χ1v) is 7.37. The Bertz CT molecular complexity index is 853. The normalized spacial score (nSPS) is 10.5. The van der Waals surface area contributed by atoms with Crippen molar-refractivity contribution in [3.63, 3.8) is 0 Å². The van der Waals surface area contributed by atoms with Crippen molar-refractivity contribution < 1.29 is 14.0 Å². The molecule has 0 atom stereocenters. The van der Waals surface area contributed by atoms with Crippen LogP contribution in [0.1, 0.15) is 23.9 Å². The second-order valence-corrected chi connectivity index (χ2v) is 5.02. The highest BCUT2D eigenvalue weighted by atomic mass is 16.3. The maximum Gasteiger partial charge on any atom is 0.293 e. The largest absolute Gasteiger partial charge is 0.449 e. The molecule has 0 spiro atoms. The summed E-state index contributed by atoms with van der Waals surface area (Å²) in [6.07, 6.45) is 0.319. The van der Waals surface area contributed by atoms with Gasteiger partial charge in [0.2, 0.25) is 11.7 Å². The molecule has 116 valence electrons. The molecule has 3 aromatic rings. The molecule has 0 radical (unpaired) electrons. The first-order valence-electron chi connectivity index (χ1n) is 7.37. The van der Waals surface area contributed by atoms with Crippen LogP contribution in [-0.2, 0) is 4.79 Å². The molecule has 5 nitrogen and oxygen atoms in total. The predicted octanol–water partition coefficient (Wildman–Crippen LogP) is 4.03. The Kier molecular flexibility index (Phi) is 4.10. The number of rotatable bonds is 4. The molecule has 5 heteroatoms. The zero-order valence-electron chi connectivity index (χ0n) is 12.6. The molecular weight excluding hydrogens is 292 g/mol. The Hall–Kier alpha value is -3.08. The predicted molar refractivity (Wildman–Crippen MR) is 89.5 cm³/mol. The molecule has 2 aromatic carbocycles. The van der Waals surface area contributed by atoms with Gasteiger partial charge in [0, 0.05) is 17.5 Å². The highest BCUT2D eigenvalue weighted by Crippen LogP contribution is 2.31. The van der Waals surface area contributed by atoms with Crippen molar-refractivity contribution in [3.05, 3.63) is 60.4 Å². The van der Waals surface area contributed by atoms with Gasteiger partial charge in [-0.25, -0.2) is 0 Å². The molecule has 1 heterocycles. The van der Waals surface area contributed by atoms with E-state index in [-0.39, 0.29) is 11.7 Å². The van der Waals surface area contributed by atoms with Crippen molar-refractivity contribution in [1.82, 2.24) is 0 Å². The fourth-order valence-corrected chi connectivity index (χ4v) is 2.27. The van der Waals surface area contributed by atoms with Crippen LogP contribution < -0.4 is 10.6 Å². The molecule has 0 aliphatic heterocycles. The number of furan rings is 1. The van der Waals surface area contributed by atoms with E-state index < -0.39 is 5.91 Å². The minimum absolute atomic E-state index is 0.0943. The van der Waals surface area contributed by atoms with Crippen molar-refractivity contribution >= 4 is 34.2 Å². The number of amides is 2. The quantitative estimate of drug-likeness (QED) is 0.764. The lowest BCUT2D eigenvalue weighted by molar-refractivity contribution is -0.115. The lowest BCUT2D eigenvalue weighted by Crippen LogP contribution is -2.16. The van der Waals surface area contributed by atoms with Gasteiger partial charge in [0.15, 0.2) is 0 Å². The minimum Gasteiger partial charge on any atom is -0.449 e. The molecule has 2 amide bonds. The van der Waals surface area contributed by atoms with Gasteiger partial charge in [-0.15, -0.1) is 0 Å². The Morgan fingerprint density at radius 1 is 0.957 bits per heavy atom. The second-order valence-electron chi connectivity index (χ2n) is 5.02. The van der Waals surface area contributed by atoms with Crippen LogP contribution in [0.25, 0.3) is 11.0 Å². The number of nitrogens with one attached hydrogen (secondary N) is 2. The van der Waals surface area contributed by atoms with Gasteiger partial charge in [-0.2, -0.15) is 0 Å². The highest BCUT2D eigenvalue weighted by Gasteiger charge is 2.21. The van der Waals surface area contributed by atoms with Crippen LogP contribution >= 0.6 is 0 Å². The number of benzene rings is 2. The maximum atomic E-state index is 12.5. The summed E-state index contributed by atoms with van der Waals surface area (Å²) in [5.41, 5.74) is 1.61. The molecule has 3 rings (SSSR count). The van der Waals surface area contributed by atoms with Crippen molar-refractivity contribution in [1.29, 1.82) is 0 Å². The van der Waals surface area contributed by atoms with Crippen molar-refractivity contribution in [2.24, 2.45) is 0 Å². The number of carbonyl (C=O) groups is 2. The third-order valence-corrected chi connectivity index (χ3v) is 3.42. The molecular formula is C18H16N2O3. The average molecular weight is 308 g/mol. The number of para-hydroxylation sites is 2. The lowest BCUT2D eigenvalue weighted by Gasteiger charge is -2.06. The second kappa shape index (κ2) is 6.36. The molecule has 1 aromatic heterocycles. The van der Waals surface area contributed by atoms with Gasteiger partial charge < -0.3 is 15.1 Å². The summed E-state index contributed by atoms with van der Waals surface area (Å²) in [7, 11) is 0. The fourth-order valence-electron chi connectivity index (χ4n) is 2.27. The highest BCUT2D eigenvalue weighted by molar-refractivity contribution is 6.14. The smallest absolute Gasteiger partial charge is 0.293 e. The van der Waals surface area contributed by atoms with E-state index in [0.29, 0.717) is 28.8 Å². The van der Waals surface area contributed by atoms with Crippen molar-refractivity contribution in [2.45, 2.75) is 13.3 Å². The molecule has 23 heavy (non-hydrogen) atoms. The van der Waals surface area contributed by atoms with E-state index in [2.05, 4.69) is 10.6 Å². The topological polar surface area (TPSA) is 71.3 Å². The summed E-state index contributed by atoms with van der Waals surface area (Å²) in [5, 5.41) is 6.22. The van der Waals surface area contributed by atoms with Crippen LogP contribution in [0.2, 0.25) is 0 Å². The van der Waals surface area contributed by atoms with Gasteiger partial charge >= 0.3 is 0 Å². The van der Waals surface area contributed by atoms with Crippen LogP contribution in [0, 0.1) is 0 Å². The molecule has 0 fully saturated rings. The first kappa shape index (κ1) is 14.8. The van der Waals surface area contributed by atoms with E-state index >= 15 is 0 Å². The fraction of sp³-hybridized carbons (Fsp3) is 0.111. The maximum absolute atomic E-state index is 12.5. The van der Waals surface area contributed by atoms with Crippen molar-refractivity contribution in [2.75, 3.05) is 10.6 Å². The average Bonchev–Trinajstić information content (AvgIpc) is 2.94. The standard InChI is InChI=1S/C18H16N2O3/c1-2-15(21)20-16-13-10-6-7-11-14(13)23-17(16)18(22)19-12-8-4-3-5-9-12/h3-11H,2H2,1H3,(H,19,22)(H,20,21). The van der Waals surface area contributed by atoms with Gasteiger partial charge in [0.1, 0.15) is 11.3 Å². The summed E-state index contributed by atoms with van der Waals surface area (Å²) in [5.74, 6) is -0.485. The van der Waals surface area contributed by atoms with E-state index in [1.807, 2.05) is 36.4 Å². The third-order valence-electron chi connectivity index (χ3n) is 3.42. The zero-order valence-corrected chi connectivity index (χ0v) is 12.6. The monoisotopic (exact) mass is 308 g/mol. The Labute approximate surface area is 133 Å². The van der Waals surface area contributed by atoms with Gasteiger partial charge in [0.25, 0.3) is 5.91 Å². The van der Waals surface area contributed by atoms with Gasteiger partial charge in [-0.3, -0.25) is 9.59 Å². The summed E-state index contributed by atoms with van der Waals surface area (Å²) in [6.45, 7) is 1.75. The van der Waals surface area contributed by atoms with Crippen LogP contribution in [0.15, 0.2) is 59.0 Å². The first-order chi connectivity index (χ1) is 11.2. The van der Waals surface area contributed by atoms with Crippen LogP contribution in [0.3, 0.4) is 0 Å². The summed E-state index contributed by atoms with van der Waals surface area (Å²) in [6, 6.07) is 16.3. The summed E-state index contributed by atoms with van der Waals surface area (Å²) >= 11 is 0. The van der Waals surface area contributed by atoms with Crippen LogP contribution in [-0.4, -0.2) is 11.8 Å².